The first-order chi connectivity index (χ1) is 11.5. The third-order valence-electron chi connectivity index (χ3n) is 3.96. The molecule has 0 unspecified atom stereocenters. The SMILES string of the molecule is Cn1ncc(C(=O)N2CCN(C(=O)c3ccco3)CC2)c1C(=O)O. The second-order valence-corrected chi connectivity index (χ2v) is 5.40. The molecule has 3 rings (SSSR count). The van der Waals surface area contributed by atoms with Crippen molar-refractivity contribution in [2.75, 3.05) is 26.2 Å². The van der Waals surface area contributed by atoms with Crippen LogP contribution in [0.3, 0.4) is 0 Å². The van der Waals surface area contributed by atoms with Gasteiger partial charge in [0.25, 0.3) is 11.8 Å². The molecule has 0 bridgehead atoms. The summed E-state index contributed by atoms with van der Waals surface area (Å²) in [5.41, 5.74) is -0.0927. The van der Waals surface area contributed by atoms with Crippen LogP contribution in [0.5, 0.6) is 0 Å². The Balaban J connectivity index is 1.68. The lowest BCUT2D eigenvalue weighted by Gasteiger charge is -2.34. The van der Waals surface area contributed by atoms with Gasteiger partial charge in [-0.2, -0.15) is 5.10 Å². The molecule has 2 aromatic rings. The van der Waals surface area contributed by atoms with E-state index in [1.54, 1.807) is 17.0 Å². The number of hydrogen-bond acceptors (Lipinski definition) is 5. The Kier molecular flexibility index (Phi) is 4.07. The number of aromatic nitrogens is 2. The average molecular weight is 332 g/mol. The van der Waals surface area contributed by atoms with E-state index in [-0.39, 0.29) is 22.9 Å². The van der Waals surface area contributed by atoms with Gasteiger partial charge in [0.1, 0.15) is 0 Å². The molecule has 1 aliphatic heterocycles. The van der Waals surface area contributed by atoms with Crippen molar-refractivity contribution >= 4 is 17.8 Å². The van der Waals surface area contributed by atoms with Crippen molar-refractivity contribution < 1.29 is 23.9 Å². The number of aryl methyl sites for hydroxylation is 1. The van der Waals surface area contributed by atoms with Gasteiger partial charge in [0.05, 0.1) is 18.0 Å². The van der Waals surface area contributed by atoms with E-state index in [4.69, 9.17) is 4.42 Å². The zero-order valence-corrected chi connectivity index (χ0v) is 13.0. The number of hydrogen-bond donors (Lipinski definition) is 1. The number of piperazine rings is 1. The van der Waals surface area contributed by atoms with Crippen LogP contribution in [-0.2, 0) is 7.05 Å². The Bertz CT molecular complexity index is 772. The zero-order valence-electron chi connectivity index (χ0n) is 13.0. The molecule has 0 radical (unpaired) electrons. The van der Waals surface area contributed by atoms with Gasteiger partial charge in [-0.15, -0.1) is 0 Å². The van der Waals surface area contributed by atoms with Gasteiger partial charge in [0, 0.05) is 33.2 Å². The third kappa shape index (κ3) is 2.75. The van der Waals surface area contributed by atoms with Crippen LogP contribution >= 0.6 is 0 Å². The smallest absolute Gasteiger partial charge is 0.354 e. The molecule has 2 aromatic heterocycles. The van der Waals surface area contributed by atoms with Crippen LogP contribution in [0.25, 0.3) is 0 Å². The fraction of sp³-hybridized carbons (Fsp3) is 0.333. The lowest BCUT2D eigenvalue weighted by molar-refractivity contribution is 0.0514. The van der Waals surface area contributed by atoms with Crippen LogP contribution in [-0.4, -0.2) is 68.6 Å². The van der Waals surface area contributed by atoms with Gasteiger partial charge >= 0.3 is 5.97 Å². The number of nitrogens with zero attached hydrogens (tertiary/aromatic N) is 4. The van der Waals surface area contributed by atoms with E-state index in [1.165, 1.54) is 24.4 Å². The highest BCUT2D eigenvalue weighted by molar-refractivity contribution is 6.03. The molecule has 0 atom stereocenters. The normalized spacial score (nSPS) is 14.7. The van der Waals surface area contributed by atoms with Gasteiger partial charge in [-0.3, -0.25) is 14.3 Å². The molecule has 3 heterocycles. The zero-order chi connectivity index (χ0) is 17.3. The van der Waals surface area contributed by atoms with Crippen LogP contribution in [0, 0.1) is 0 Å². The summed E-state index contributed by atoms with van der Waals surface area (Å²) < 4.78 is 6.25. The molecule has 126 valence electrons. The minimum atomic E-state index is -1.20. The average Bonchev–Trinajstić information content (AvgIpc) is 3.23. The van der Waals surface area contributed by atoms with Gasteiger partial charge in [-0.1, -0.05) is 0 Å². The van der Waals surface area contributed by atoms with E-state index in [0.29, 0.717) is 26.2 Å². The maximum atomic E-state index is 12.5. The van der Waals surface area contributed by atoms with Crippen LogP contribution in [0.2, 0.25) is 0 Å². The van der Waals surface area contributed by atoms with Crippen LogP contribution in [0.1, 0.15) is 31.4 Å². The molecule has 0 spiro atoms. The Morgan fingerprint density at radius 1 is 1.12 bits per heavy atom. The van der Waals surface area contributed by atoms with Crippen molar-refractivity contribution in [3.8, 4) is 0 Å². The van der Waals surface area contributed by atoms with Crippen molar-refractivity contribution in [3.05, 3.63) is 41.6 Å². The predicted octanol–water partition coefficient (Wildman–Crippen LogP) is 0.310. The number of furan rings is 1. The number of amides is 2. The largest absolute Gasteiger partial charge is 0.477 e. The summed E-state index contributed by atoms with van der Waals surface area (Å²) in [6, 6.07) is 3.23. The molecule has 0 aromatic carbocycles. The Morgan fingerprint density at radius 2 is 1.75 bits per heavy atom. The van der Waals surface area contributed by atoms with Crippen LogP contribution < -0.4 is 0 Å². The number of rotatable bonds is 3. The van der Waals surface area contributed by atoms with Gasteiger partial charge < -0.3 is 19.3 Å². The second-order valence-electron chi connectivity index (χ2n) is 5.40. The number of carbonyl (C=O) groups is 3. The molecule has 1 aliphatic rings. The number of carboxylic acid groups (broad SMARTS) is 1. The Morgan fingerprint density at radius 3 is 2.29 bits per heavy atom. The van der Waals surface area contributed by atoms with Crippen molar-refractivity contribution in [2.45, 2.75) is 0 Å². The quantitative estimate of drug-likeness (QED) is 0.866. The molecule has 9 heteroatoms. The van der Waals surface area contributed by atoms with E-state index < -0.39 is 11.9 Å². The summed E-state index contributed by atoms with van der Waals surface area (Å²) in [4.78, 5) is 39.1. The molecule has 1 fully saturated rings. The highest BCUT2D eigenvalue weighted by Gasteiger charge is 2.30. The van der Waals surface area contributed by atoms with Gasteiger partial charge in [-0.25, -0.2) is 4.79 Å². The number of carbonyl (C=O) groups excluding carboxylic acids is 2. The van der Waals surface area contributed by atoms with Crippen molar-refractivity contribution in [1.82, 2.24) is 19.6 Å². The standard InChI is InChI=1S/C15H16N4O5/c1-17-12(15(22)23)10(9-16-17)13(20)18-4-6-19(7-5-18)14(21)11-3-2-8-24-11/h2-3,8-9H,4-7H2,1H3,(H,22,23). The summed E-state index contributed by atoms with van der Waals surface area (Å²) >= 11 is 0. The lowest BCUT2D eigenvalue weighted by Crippen LogP contribution is -2.50. The maximum absolute atomic E-state index is 12.5. The highest BCUT2D eigenvalue weighted by atomic mass is 16.4. The second kappa shape index (κ2) is 6.19. The van der Waals surface area contributed by atoms with Crippen molar-refractivity contribution in [2.24, 2.45) is 7.05 Å². The van der Waals surface area contributed by atoms with E-state index in [0.717, 1.165) is 4.68 Å². The van der Waals surface area contributed by atoms with Crippen LogP contribution in [0.15, 0.2) is 29.0 Å². The monoisotopic (exact) mass is 332 g/mol. The molecule has 1 saturated heterocycles. The first-order valence-electron chi connectivity index (χ1n) is 7.36. The molecule has 9 nitrogen and oxygen atoms in total. The minimum absolute atomic E-state index is 0.0517. The molecule has 0 aliphatic carbocycles. The summed E-state index contributed by atoms with van der Waals surface area (Å²) in [6.07, 6.45) is 2.69. The summed E-state index contributed by atoms with van der Waals surface area (Å²) in [6.45, 7) is 1.35. The lowest BCUT2D eigenvalue weighted by atomic mass is 10.2. The first kappa shape index (κ1) is 15.8. The van der Waals surface area contributed by atoms with E-state index in [2.05, 4.69) is 5.10 Å². The fourth-order valence-corrected chi connectivity index (χ4v) is 2.69. The number of carboxylic acids is 1. The van der Waals surface area contributed by atoms with Crippen molar-refractivity contribution in [3.63, 3.8) is 0 Å². The molecular weight excluding hydrogens is 316 g/mol. The maximum Gasteiger partial charge on any atom is 0.354 e. The predicted molar refractivity (Wildman–Crippen MR) is 80.7 cm³/mol. The minimum Gasteiger partial charge on any atom is -0.477 e. The van der Waals surface area contributed by atoms with Crippen LogP contribution in [0.4, 0.5) is 0 Å². The fourth-order valence-electron chi connectivity index (χ4n) is 2.69. The summed E-state index contributed by atoms with van der Waals surface area (Å²) in [5, 5.41) is 13.1. The van der Waals surface area contributed by atoms with Gasteiger partial charge in [-0.05, 0) is 12.1 Å². The topological polar surface area (TPSA) is 109 Å². The molecule has 1 N–H and O–H groups in total. The third-order valence-corrected chi connectivity index (χ3v) is 3.96. The van der Waals surface area contributed by atoms with E-state index >= 15 is 0 Å². The number of aromatic carboxylic acids is 1. The summed E-state index contributed by atoms with van der Waals surface area (Å²) in [5.74, 6) is -1.56. The van der Waals surface area contributed by atoms with Crippen molar-refractivity contribution in [1.29, 1.82) is 0 Å². The molecule has 2 amide bonds. The molecule has 24 heavy (non-hydrogen) atoms. The Labute approximate surface area is 137 Å². The van der Waals surface area contributed by atoms with E-state index in [1.807, 2.05) is 0 Å². The first-order valence-corrected chi connectivity index (χ1v) is 7.36. The summed E-state index contributed by atoms with van der Waals surface area (Å²) in [7, 11) is 1.47. The van der Waals surface area contributed by atoms with E-state index in [9.17, 15) is 19.5 Å². The molecule has 0 saturated carbocycles. The van der Waals surface area contributed by atoms with Gasteiger partial charge in [0.2, 0.25) is 0 Å². The molecular formula is C15H16N4O5. The highest BCUT2D eigenvalue weighted by Crippen LogP contribution is 2.15. The Hall–Kier alpha value is -3.10. The van der Waals surface area contributed by atoms with Gasteiger partial charge in [0.15, 0.2) is 11.5 Å².